The zero-order valence-electron chi connectivity index (χ0n) is 31.8. The van der Waals surface area contributed by atoms with Crippen LogP contribution in [0.25, 0.3) is 0 Å². The Kier molecular flexibility index (Phi) is 28.9. The molecule has 0 aromatic rings. The van der Waals surface area contributed by atoms with E-state index in [4.69, 9.17) is 9.47 Å². The molecule has 0 aromatic heterocycles. The van der Waals surface area contributed by atoms with Crippen LogP contribution in [0.3, 0.4) is 0 Å². The van der Waals surface area contributed by atoms with E-state index in [1.165, 1.54) is 70.6 Å². The molecule has 0 radical (unpaired) electrons. The number of ether oxygens (including phenoxy) is 2. The fraction of sp³-hybridized carbons (Fsp3) is 0.875. The lowest BCUT2D eigenvalue weighted by Crippen LogP contribution is -2.60. The smallest absolute Gasteiger partial charge is 0.249 e. The average Bonchev–Trinajstić information content (AvgIpc) is 3.13. The van der Waals surface area contributed by atoms with Gasteiger partial charge in [-0.15, -0.1) is 0 Å². The van der Waals surface area contributed by atoms with Gasteiger partial charge in [0.25, 0.3) is 0 Å². The van der Waals surface area contributed by atoms with Gasteiger partial charge in [0.05, 0.1) is 25.4 Å². The number of amides is 1. The van der Waals surface area contributed by atoms with Crippen molar-refractivity contribution in [3.8, 4) is 0 Å². The maximum Gasteiger partial charge on any atom is 0.249 e. The molecule has 8 N–H and O–H groups in total. The van der Waals surface area contributed by atoms with Crippen molar-refractivity contribution < 1.29 is 50.0 Å². The Balaban J connectivity index is 2.59. The van der Waals surface area contributed by atoms with Crippen LogP contribution in [-0.2, 0) is 14.3 Å². The first kappa shape index (κ1) is 47.6. The zero-order valence-corrected chi connectivity index (χ0v) is 31.8. The summed E-state index contributed by atoms with van der Waals surface area (Å²) in [5, 5.41) is 75.2. The summed E-state index contributed by atoms with van der Waals surface area (Å²) < 4.78 is 11.0. The fourth-order valence-corrected chi connectivity index (χ4v) is 6.28. The van der Waals surface area contributed by atoms with E-state index in [2.05, 4.69) is 43.5 Å². The third-order valence-electron chi connectivity index (χ3n) is 9.73. The van der Waals surface area contributed by atoms with Gasteiger partial charge in [-0.2, -0.15) is 0 Å². The minimum absolute atomic E-state index is 0.247. The molecule has 51 heavy (non-hydrogen) atoms. The Hall–Kier alpha value is -1.41. The van der Waals surface area contributed by atoms with Crippen LogP contribution in [0.4, 0.5) is 0 Å². The molecule has 1 rings (SSSR count). The summed E-state index contributed by atoms with van der Waals surface area (Å²) in [5.74, 6) is -0.714. The highest BCUT2D eigenvalue weighted by Gasteiger charge is 2.44. The molecule has 0 spiro atoms. The lowest BCUT2D eigenvalue weighted by molar-refractivity contribution is -0.303. The molecule has 1 heterocycles. The van der Waals surface area contributed by atoms with Gasteiger partial charge in [0.15, 0.2) is 6.29 Å². The van der Waals surface area contributed by atoms with Crippen molar-refractivity contribution in [3.63, 3.8) is 0 Å². The molecule has 1 aliphatic rings. The van der Waals surface area contributed by atoms with Crippen LogP contribution in [-0.4, -0.2) is 110 Å². The van der Waals surface area contributed by atoms with Crippen LogP contribution in [0.1, 0.15) is 155 Å². The molecule has 11 heteroatoms. The van der Waals surface area contributed by atoms with Crippen LogP contribution < -0.4 is 5.32 Å². The Morgan fingerprint density at radius 3 is 1.75 bits per heavy atom. The van der Waals surface area contributed by atoms with E-state index < -0.39 is 74.2 Å². The molecule has 1 saturated heterocycles. The van der Waals surface area contributed by atoms with Gasteiger partial charge in [-0.3, -0.25) is 4.79 Å². The van der Waals surface area contributed by atoms with Gasteiger partial charge in [-0.05, 0) is 51.4 Å². The Morgan fingerprint density at radius 1 is 0.667 bits per heavy atom. The van der Waals surface area contributed by atoms with Gasteiger partial charge in [0, 0.05) is 0 Å². The largest absolute Gasteiger partial charge is 0.394 e. The summed E-state index contributed by atoms with van der Waals surface area (Å²) in [6.07, 6.45) is 19.5. The lowest BCUT2D eigenvalue weighted by Gasteiger charge is -2.40. The first-order chi connectivity index (χ1) is 24.7. The Bertz CT molecular complexity index is 887. The minimum atomic E-state index is -1.67. The van der Waals surface area contributed by atoms with Gasteiger partial charge in [-0.25, -0.2) is 0 Å². The molecule has 11 nitrogen and oxygen atoms in total. The molecule has 1 amide bonds. The predicted molar refractivity (Wildman–Crippen MR) is 201 cm³/mol. The minimum Gasteiger partial charge on any atom is -0.394 e. The van der Waals surface area contributed by atoms with Crippen molar-refractivity contribution in [3.05, 3.63) is 24.3 Å². The summed E-state index contributed by atoms with van der Waals surface area (Å²) in [4.78, 5) is 13.0. The second kappa shape index (κ2) is 31.0. The van der Waals surface area contributed by atoms with Gasteiger partial charge in [-0.1, -0.05) is 128 Å². The van der Waals surface area contributed by atoms with Gasteiger partial charge >= 0.3 is 0 Å². The number of carbonyl (C=O) groups excluding carboxylic acids is 1. The Morgan fingerprint density at radius 2 is 1.18 bits per heavy atom. The first-order valence-electron chi connectivity index (χ1n) is 20.2. The van der Waals surface area contributed by atoms with Crippen molar-refractivity contribution in [2.75, 3.05) is 13.2 Å². The van der Waals surface area contributed by atoms with E-state index in [1.807, 2.05) is 0 Å². The number of unbranched alkanes of at least 4 members (excludes halogenated alkanes) is 16. The summed E-state index contributed by atoms with van der Waals surface area (Å²) >= 11 is 0. The van der Waals surface area contributed by atoms with Gasteiger partial charge in [0.1, 0.15) is 36.6 Å². The molecule has 9 unspecified atom stereocenters. The topological polar surface area (TPSA) is 189 Å². The number of aliphatic hydroxyl groups excluding tert-OH is 7. The lowest BCUT2D eigenvalue weighted by atomic mass is 9.98. The highest BCUT2D eigenvalue weighted by Crippen LogP contribution is 2.23. The predicted octanol–water partition coefficient (Wildman–Crippen LogP) is 5.10. The van der Waals surface area contributed by atoms with Crippen LogP contribution in [0.15, 0.2) is 24.3 Å². The van der Waals surface area contributed by atoms with E-state index in [0.717, 1.165) is 38.5 Å². The molecule has 9 atom stereocenters. The summed E-state index contributed by atoms with van der Waals surface area (Å²) in [5.41, 5.74) is 0. The number of aliphatic hydroxyl groups is 7. The SMILES string of the molecule is CCCCCC/C=C/CC/C=C/CCCC(O)C(O)C(COC1OC(CO)C(O)C(O)C1O)NC(=O)C(O)CCCCCCCCCCCCC. The zero-order chi connectivity index (χ0) is 37.7. The highest BCUT2D eigenvalue weighted by atomic mass is 16.7. The summed E-state index contributed by atoms with van der Waals surface area (Å²) in [6, 6.07) is -1.18. The summed E-state index contributed by atoms with van der Waals surface area (Å²) in [7, 11) is 0. The number of hydrogen-bond donors (Lipinski definition) is 8. The normalized spacial score (nSPS) is 23.5. The number of allylic oxidation sites excluding steroid dienone is 4. The third kappa shape index (κ3) is 21.8. The van der Waals surface area contributed by atoms with E-state index in [9.17, 15) is 40.5 Å². The maximum atomic E-state index is 13.0. The van der Waals surface area contributed by atoms with Crippen LogP contribution in [0.5, 0.6) is 0 Å². The number of hydrogen-bond acceptors (Lipinski definition) is 10. The second-order valence-electron chi connectivity index (χ2n) is 14.3. The van der Waals surface area contributed by atoms with Crippen molar-refractivity contribution in [1.82, 2.24) is 5.32 Å². The van der Waals surface area contributed by atoms with E-state index in [-0.39, 0.29) is 12.8 Å². The average molecular weight is 730 g/mol. The molecule has 1 fully saturated rings. The summed E-state index contributed by atoms with van der Waals surface area (Å²) in [6.45, 7) is 3.35. The fourth-order valence-electron chi connectivity index (χ4n) is 6.28. The van der Waals surface area contributed by atoms with Crippen LogP contribution >= 0.6 is 0 Å². The molecular formula is C40H75NO10. The standard InChI is InChI=1S/C40H75NO10/c1-3-5-7-9-11-13-15-16-18-19-21-23-25-27-32(43)35(45)31(30-50-40-38(48)37(47)36(46)34(29-42)51-40)41-39(49)33(44)28-26-24-22-20-17-14-12-10-8-6-4-2/h13,15,19,21,31-38,40,42-48H,3-12,14,16-18,20,22-30H2,1-2H3,(H,41,49)/b15-13+,21-19+. The molecule has 0 aromatic carbocycles. The molecular weight excluding hydrogens is 654 g/mol. The highest BCUT2D eigenvalue weighted by molar-refractivity contribution is 5.80. The third-order valence-corrected chi connectivity index (χ3v) is 9.73. The number of nitrogens with one attached hydrogen (secondary N) is 1. The molecule has 0 bridgehead atoms. The maximum absolute atomic E-state index is 13.0. The van der Waals surface area contributed by atoms with E-state index in [0.29, 0.717) is 19.3 Å². The number of carbonyl (C=O) groups is 1. The van der Waals surface area contributed by atoms with Crippen molar-refractivity contribution in [1.29, 1.82) is 0 Å². The van der Waals surface area contributed by atoms with E-state index in [1.54, 1.807) is 0 Å². The molecule has 300 valence electrons. The Labute approximate surface area is 308 Å². The van der Waals surface area contributed by atoms with Crippen LogP contribution in [0.2, 0.25) is 0 Å². The van der Waals surface area contributed by atoms with Gasteiger partial charge in [0.2, 0.25) is 5.91 Å². The monoisotopic (exact) mass is 730 g/mol. The quantitative estimate of drug-likeness (QED) is 0.0342. The van der Waals surface area contributed by atoms with Crippen molar-refractivity contribution in [2.24, 2.45) is 0 Å². The second-order valence-corrected chi connectivity index (χ2v) is 14.3. The van der Waals surface area contributed by atoms with E-state index >= 15 is 0 Å². The molecule has 0 saturated carbocycles. The van der Waals surface area contributed by atoms with Crippen LogP contribution in [0, 0.1) is 0 Å². The first-order valence-corrected chi connectivity index (χ1v) is 20.2. The molecule has 1 aliphatic heterocycles. The number of rotatable bonds is 32. The molecule has 0 aliphatic carbocycles. The van der Waals surface area contributed by atoms with Gasteiger partial charge < -0.3 is 50.5 Å². The van der Waals surface area contributed by atoms with Crippen molar-refractivity contribution in [2.45, 2.75) is 210 Å². The van der Waals surface area contributed by atoms with Crippen molar-refractivity contribution >= 4 is 5.91 Å².